The number of ether oxygens (including phenoxy) is 2. The largest absolute Gasteiger partial charge is 0.493 e. The first-order chi connectivity index (χ1) is 14.6. The zero-order valence-electron chi connectivity index (χ0n) is 16.8. The van der Waals surface area contributed by atoms with Crippen molar-refractivity contribution in [3.8, 4) is 22.8 Å². The van der Waals surface area contributed by atoms with E-state index in [-0.39, 0.29) is 18.3 Å². The molecule has 0 aliphatic heterocycles. The Hall–Kier alpha value is -3.39. The molecule has 158 valence electrons. The number of hydroxylamine groups is 1. The molecule has 3 aromatic rings. The first-order valence-electron chi connectivity index (χ1n) is 9.54. The molecule has 1 aromatic heterocycles. The number of aromatic nitrogens is 1. The van der Waals surface area contributed by atoms with Gasteiger partial charge in [0.25, 0.3) is 5.91 Å². The van der Waals surface area contributed by atoms with Crippen LogP contribution in [0.1, 0.15) is 36.0 Å². The summed E-state index contributed by atoms with van der Waals surface area (Å²) in [5.74, 6) is 1.02. The quantitative estimate of drug-likeness (QED) is 0.388. The van der Waals surface area contributed by atoms with Crippen molar-refractivity contribution in [2.24, 2.45) is 0 Å². The number of nitrogens with zero attached hydrogens (tertiary/aromatic N) is 1. The number of rotatable bonds is 10. The smallest absolute Gasteiger partial charge is 0.274 e. The third-order valence-corrected chi connectivity index (χ3v) is 4.22. The van der Waals surface area contributed by atoms with Crippen LogP contribution in [-0.2, 0) is 11.4 Å². The lowest BCUT2D eigenvalue weighted by atomic mass is 10.2. The van der Waals surface area contributed by atoms with Crippen LogP contribution in [0.5, 0.6) is 11.5 Å². The third kappa shape index (κ3) is 5.57. The van der Waals surface area contributed by atoms with Crippen LogP contribution in [-0.4, -0.2) is 24.6 Å². The Labute approximate surface area is 173 Å². The molecule has 0 aliphatic carbocycles. The highest BCUT2D eigenvalue weighted by molar-refractivity contribution is 5.94. The second kappa shape index (κ2) is 10.4. The summed E-state index contributed by atoms with van der Waals surface area (Å²) in [4.78, 5) is 21.6. The maximum atomic E-state index is 13.0. The molecule has 1 amide bonds. The van der Waals surface area contributed by atoms with E-state index in [0.717, 1.165) is 12.8 Å². The lowest BCUT2D eigenvalue weighted by Gasteiger charge is -2.12. The first-order valence-corrected chi connectivity index (χ1v) is 9.54. The number of benzene rings is 2. The number of methoxy groups -OCH3 is 1. The average Bonchev–Trinajstić information content (AvgIpc) is 3.23. The number of oxazole rings is 1. The van der Waals surface area contributed by atoms with Gasteiger partial charge in [0, 0.05) is 11.1 Å². The summed E-state index contributed by atoms with van der Waals surface area (Å²) in [6.45, 7) is 2.59. The molecule has 0 bridgehead atoms. The van der Waals surface area contributed by atoms with Crippen LogP contribution in [0.4, 0.5) is 4.39 Å². The van der Waals surface area contributed by atoms with Gasteiger partial charge in [-0.2, -0.15) is 0 Å². The molecule has 0 atom stereocenters. The van der Waals surface area contributed by atoms with Gasteiger partial charge in [0.15, 0.2) is 23.9 Å². The zero-order chi connectivity index (χ0) is 21.3. The fraction of sp³-hybridized carbons (Fsp3) is 0.273. The van der Waals surface area contributed by atoms with Crippen molar-refractivity contribution in [2.75, 3.05) is 13.7 Å². The Bertz CT molecular complexity index is 972. The molecule has 1 N–H and O–H groups in total. The molecule has 3 rings (SSSR count). The van der Waals surface area contributed by atoms with Gasteiger partial charge in [0.2, 0.25) is 5.89 Å². The summed E-state index contributed by atoms with van der Waals surface area (Å²) >= 11 is 0. The van der Waals surface area contributed by atoms with E-state index in [1.807, 2.05) is 0 Å². The Morgan fingerprint density at radius 1 is 1.17 bits per heavy atom. The number of unbranched alkanes of at least 4 members (excludes halogenated alkanes) is 1. The molecule has 30 heavy (non-hydrogen) atoms. The van der Waals surface area contributed by atoms with E-state index < -0.39 is 5.91 Å². The summed E-state index contributed by atoms with van der Waals surface area (Å²) in [5.41, 5.74) is 3.39. The summed E-state index contributed by atoms with van der Waals surface area (Å²) < 4.78 is 29.5. The van der Waals surface area contributed by atoms with Crippen LogP contribution in [0.2, 0.25) is 0 Å². The second-order valence-corrected chi connectivity index (χ2v) is 6.41. The molecule has 0 aliphatic rings. The minimum Gasteiger partial charge on any atom is -0.493 e. The molecule has 7 nitrogen and oxygen atoms in total. The van der Waals surface area contributed by atoms with E-state index in [1.165, 1.54) is 25.4 Å². The van der Waals surface area contributed by atoms with Gasteiger partial charge in [0.05, 0.1) is 19.9 Å². The molecule has 0 fully saturated rings. The molecule has 0 radical (unpaired) electrons. The van der Waals surface area contributed by atoms with Crippen molar-refractivity contribution < 1.29 is 27.9 Å². The average molecular weight is 414 g/mol. The van der Waals surface area contributed by atoms with Crippen molar-refractivity contribution in [2.45, 2.75) is 26.4 Å². The number of hydrogen-bond acceptors (Lipinski definition) is 6. The summed E-state index contributed by atoms with van der Waals surface area (Å²) in [7, 11) is 1.52. The lowest BCUT2D eigenvalue weighted by molar-refractivity contribution is 0.0158. The maximum absolute atomic E-state index is 13.0. The van der Waals surface area contributed by atoms with Crippen molar-refractivity contribution in [3.63, 3.8) is 0 Å². The number of hydrogen-bond donors (Lipinski definition) is 1. The molecule has 8 heteroatoms. The van der Waals surface area contributed by atoms with Gasteiger partial charge in [-0.3, -0.25) is 9.63 Å². The maximum Gasteiger partial charge on any atom is 0.274 e. The molecule has 0 spiro atoms. The Kier molecular flexibility index (Phi) is 7.40. The van der Waals surface area contributed by atoms with E-state index in [2.05, 4.69) is 17.4 Å². The van der Waals surface area contributed by atoms with E-state index in [9.17, 15) is 9.18 Å². The Balaban J connectivity index is 1.54. The monoisotopic (exact) mass is 414 g/mol. The van der Waals surface area contributed by atoms with E-state index >= 15 is 0 Å². The zero-order valence-corrected chi connectivity index (χ0v) is 16.8. The SMILES string of the molecule is CCCCOc1ccc(C(=O)NOCc2ncc(-c3ccc(F)cc3)o2)cc1OC. The van der Waals surface area contributed by atoms with Gasteiger partial charge in [-0.25, -0.2) is 14.9 Å². The number of amides is 1. The molecule has 0 unspecified atom stereocenters. The standard InChI is InChI=1S/C22H23FN2O5/c1-3-4-11-28-18-10-7-16(12-19(18)27-2)22(26)25-29-14-21-24-13-20(30-21)15-5-8-17(23)9-6-15/h5-10,12-13H,3-4,11,14H2,1-2H3,(H,25,26). The molecule has 0 saturated heterocycles. The molecular formula is C22H23FN2O5. The Morgan fingerprint density at radius 2 is 1.97 bits per heavy atom. The van der Waals surface area contributed by atoms with Gasteiger partial charge in [-0.15, -0.1) is 0 Å². The van der Waals surface area contributed by atoms with Crippen LogP contribution in [0.3, 0.4) is 0 Å². The van der Waals surface area contributed by atoms with Crippen LogP contribution < -0.4 is 15.0 Å². The number of nitrogens with one attached hydrogen (secondary N) is 1. The van der Waals surface area contributed by atoms with Gasteiger partial charge in [-0.1, -0.05) is 13.3 Å². The van der Waals surface area contributed by atoms with Crippen LogP contribution in [0.15, 0.2) is 53.1 Å². The van der Waals surface area contributed by atoms with Crippen molar-refractivity contribution in [1.82, 2.24) is 10.5 Å². The highest BCUT2D eigenvalue weighted by atomic mass is 19.1. The summed E-state index contributed by atoms with van der Waals surface area (Å²) in [6.07, 6.45) is 3.47. The van der Waals surface area contributed by atoms with E-state index in [0.29, 0.717) is 35.0 Å². The summed E-state index contributed by atoms with van der Waals surface area (Å²) in [6, 6.07) is 10.7. The predicted molar refractivity (Wildman–Crippen MR) is 108 cm³/mol. The highest BCUT2D eigenvalue weighted by Gasteiger charge is 2.12. The topological polar surface area (TPSA) is 82.8 Å². The predicted octanol–water partition coefficient (Wildman–Crippen LogP) is 4.53. The minimum atomic E-state index is -0.446. The van der Waals surface area contributed by atoms with Crippen LogP contribution >= 0.6 is 0 Å². The van der Waals surface area contributed by atoms with Crippen molar-refractivity contribution in [1.29, 1.82) is 0 Å². The van der Waals surface area contributed by atoms with Gasteiger partial charge < -0.3 is 13.9 Å². The van der Waals surface area contributed by atoms with Crippen LogP contribution in [0, 0.1) is 5.82 Å². The van der Waals surface area contributed by atoms with Crippen LogP contribution in [0.25, 0.3) is 11.3 Å². The molecule has 2 aromatic carbocycles. The molecule has 1 heterocycles. The highest BCUT2D eigenvalue weighted by Crippen LogP contribution is 2.28. The van der Waals surface area contributed by atoms with Crippen molar-refractivity contribution >= 4 is 5.91 Å². The minimum absolute atomic E-state index is 0.0672. The molecular weight excluding hydrogens is 391 g/mol. The second-order valence-electron chi connectivity index (χ2n) is 6.41. The Morgan fingerprint density at radius 3 is 2.70 bits per heavy atom. The van der Waals surface area contributed by atoms with E-state index in [1.54, 1.807) is 30.3 Å². The summed E-state index contributed by atoms with van der Waals surface area (Å²) in [5, 5.41) is 0. The number of halogens is 1. The van der Waals surface area contributed by atoms with Crippen molar-refractivity contribution in [3.05, 3.63) is 65.9 Å². The number of carbonyl (C=O) groups excluding carboxylic acids is 1. The first kappa shape index (κ1) is 21.3. The van der Waals surface area contributed by atoms with Gasteiger partial charge in [-0.05, 0) is 48.9 Å². The number of carbonyl (C=O) groups is 1. The van der Waals surface area contributed by atoms with E-state index in [4.69, 9.17) is 18.7 Å². The third-order valence-electron chi connectivity index (χ3n) is 4.22. The molecule has 0 saturated carbocycles. The lowest BCUT2D eigenvalue weighted by Crippen LogP contribution is -2.23. The van der Waals surface area contributed by atoms with Gasteiger partial charge in [0.1, 0.15) is 5.82 Å². The van der Waals surface area contributed by atoms with Gasteiger partial charge >= 0.3 is 0 Å². The fourth-order valence-corrected chi connectivity index (χ4v) is 2.60. The fourth-order valence-electron chi connectivity index (χ4n) is 2.60. The normalized spacial score (nSPS) is 10.6.